The molecule has 6 heteroatoms. The summed E-state index contributed by atoms with van der Waals surface area (Å²) in [6.07, 6.45) is 4.57. The molecule has 0 saturated carbocycles. The fraction of sp³-hybridized carbons (Fsp3) is 0.263. The summed E-state index contributed by atoms with van der Waals surface area (Å²) in [4.78, 5) is 8.66. The van der Waals surface area contributed by atoms with Crippen molar-refractivity contribution in [3.05, 3.63) is 59.4 Å². The molecule has 1 saturated heterocycles. The molecule has 3 heterocycles. The monoisotopic (exact) mass is 355 g/mol. The van der Waals surface area contributed by atoms with Crippen molar-refractivity contribution < 1.29 is 9.47 Å². The lowest BCUT2D eigenvalue weighted by molar-refractivity contribution is 0.138. The first-order valence-corrected chi connectivity index (χ1v) is 8.63. The van der Waals surface area contributed by atoms with Gasteiger partial charge in [-0.05, 0) is 35.9 Å². The zero-order valence-electron chi connectivity index (χ0n) is 13.6. The topological polar surface area (TPSA) is 56.3 Å². The SMILES string of the molecule is Clc1ccc2nccc(NCc3ccnc(OC4CCOC4)c3)c2c1. The number of benzene rings is 1. The maximum atomic E-state index is 6.12. The fourth-order valence-corrected chi connectivity index (χ4v) is 3.04. The number of nitrogens with one attached hydrogen (secondary N) is 1. The quantitative estimate of drug-likeness (QED) is 0.747. The molecule has 1 fully saturated rings. The highest BCUT2D eigenvalue weighted by Crippen LogP contribution is 2.25. The molecule has 1 atom stereocenters. The molecule has 0 amide bonds. The van der Waals surface area contributed by atoms with E-state index in [9.17, 15) is 0 Å². The average Bonchev–Trinajstić information content (AvgIpc) is 3.13. The van der Waals surface area contributed by atoms with Crippen molar-refractivity contribution in [2.45, 2.75) is 19.1 Å². The number of aromatic nitrogens is 2. The Morgan fingerprint density at radius 3 is 2.96 bits per heavy atom. The van der Waals surface area contributed by atoms with E-state index in [-0.39, 0.29) is 6.10 Å². The van der Waals surface area contributed by atoms with Crippen LogP contribution in [0.15, 0.2) is 48.8 Å². The van der Waals surface area contributed by atoms with Crippen LogP contribution < -0.4 is 10.1 Å². The third-order valence-corrected chi connectivity index (χ3v) is 4.40. The second kappa shape index (κ2) is 7.25. The van der Waals surface area contributed by atoms with Crippen LogP contribution in [-0.2, 0) is 11.3 Å². The molecular formula is C19H18ClN3O2. The summed E-state index contributed by atoms with van der Waals surface area (Å²) in [5.41, 5.74) is 3.00. The second-order valence-electron chi connectivity index (χ2n) is 5.98. The largest absolute Gasteiger partial charge is 0.472 e. The predicted octanol–water partition coefficient (Wildman–Crippen LogP) is 4.06. The van der Waals surface area contributed by atoms with E-state index in [4.69, 9.17) is 21.1 Å². The van der Waals surface area contributed by atoms with E-state index in [2.05, 4.69) is 15.3 Å². The Balaban J connectivity index is 1.49. The first-order valence-electron chi connectivity index (χ1n) is 8.25. The van der Waals surface area contributed by atoms with E-state index < -0.39 is 0 Å². The van der Waals surface area contributed by atoms with Crippen LogP contribution in [0.25, 0.3) is 10.9 Å². The van der Waals surface area contributed by atoms with Crippen LogP contribution >= 0.6 is 11.6 Å². The lowest BCUT2D eigenvalue weighted by Gasteiger charge is -2.13. The Labute approximate surface area is 151 Å². The molecule has 3 aromatic rings. The van der Waals surface area contributed by atoms with Gasteiger partial charge in [0.2, 0.25) is 5.88 Å². The van der Waals surface area contributed by atoms with Crippen molar-refractivity contribution >= 4 is 28.2 Å². The van der Waals surface area contributed by atoms with Gasteiger partial charge in [-0.25, -0.2) is 4.98 Å². The smallest absolute Gasteiger partial charge is 0.213 e. The van der Waals surface area contributed by atoms with Crippen LogP contribution in [0.3, 0.4) is 0 Å². The summed E-state index contributed by atoms with van der Waals surface area (Å²) < 4.78 is 11.2. The Morgan fingerprint density at radius 1 is 1.16 bits per heavy atom. The van der Waals surface area contributed by atoms with Crippen LogP contribution in [0.2, 0.25) is 5.02 Å². The number of nitrogens with zero attached hydrogens (tertiary/aromatic N) is 2. The summed E-state index contributed by atoms with van der Waals surface area (Å²) in [7, 11) is 0. The maximum Gasteiger partial charge on any atom is 0.213 e. The van der Waals surface area contributed by atoms with Gasteiger partial charge >= 0.3 is 0 Å². The molecule has 0 bridgehead atoms. The van der Waals surface area contributed by atoms with E-state index in [1.54, 1.807) is 12.4 Å². The number of hydrogen-bond donors (Lipinski definition) is 1. The number of fused-ring (bicyclic) bond motifs is 1. The van der Waals surface area contributed by atoms with E-state index in [0.717, 1.165) is 35.2 Å². The second-order valence-corrected chi connectivity index (χ2v) is 6.42. The van der Waals surface area contributed by atoms with E-state index in [1.165, 1.54) is 0 Å². The number of ether oxygens (including phenoxy) is 2. The lowest BCUT2D eigenvalue weighted by Crippen LogP contribution is -2.16. The number of pyridine rings is 2. The van der Waals surface area contributed by atoms with Crippen molar-refractivity contribution in [3.63, 3.8) is 0 Å². The molecule has 1 unspecified atom stereocenters. The predicted molar refractivity (Wildman–Crippen MR) is 98.2 cm³/mol. The Bertz CT molecular complexity index is 881. The molecule has 1 aliphatic heterocycles. The Kier molecular flexibility index (Phi) is 4.68. The van der Waals surface area contributed by atoms with Crippen molar-refractivity contribution in [3.8, 4) is 5.88 Å². The molecular weight excluding hydrogens is 338 g/mol. The summed E-state index contributed by atoms with van der Waals surface area (Å²) in [5, 5.41) is 5.14. The van der Waals surface area contributed by atoms with Crippen LogP contribution in [0.4, 0.5) is 5.69 Å². The summed E-state index contributed by atoms with van der Waals surface area (Å²) >= 11 is 6.12. The van der Waals surface area contributed by atoms with Crippen LogP contribution in [0, 0.1) is 0 Å². The number of rotatable bonds is 5. The van der Waals surface area contributed by atoms with Gasteiger partial charge in [-0.3, -0.25) is 4.98 Å². The van der Waals surface area contributed by atoms with Gasteiger partial charge in [-0.1, -0.05) is 11.6 Å². The van der Waals surface area contributed by atoms with E-state index in [1.807, 2.05) is 36.4 Å². The van der Waals surface area contributed by atoms with Crippen molar-refractivity contribution in [2.75, 3.05) is 18.5 Å². The molecule has 5 nitrogen and oxygen atoms in total. The van der Waals surface area contributed by atoms with Crippen LogP contribution in [0.1, 0.15) is 12.0 Å². The molecule has 0 spiro atoms. The van der Waals surface area contributed by atoms with Gasteiger partial charge in [0.25, 0.3) is 0 Å². The third-order valence-electron chi connectivity index (χ3n) is 4.16. The van der Waals surface area contributed by atoms with Gasteiger partial charge < -0.3 is 14.8 Å². The van der Waals surface area contributed by atoms with Gasteiger partial charge in [0.1, 0.15) is 6.10 Å². The molecule has 2 aromatic heterocycles. The highest BCUT2D eigenvalue weighted by atomic mass is 35.5. The van der Waals surface area contributed by atoms with Gasteiger partial charge in [0.05, 0.1) is 18.7 Å². The first kappa shape index (κ1) is 16.1. The highest BCUT2D eigenvalue weighted by molar-refractivity contribution is 6.31. The molecule has 1 N–H and O–H groups in total. The molecule has 0 radical (unpaired) electrons. The van der Waals surface area contributed by atoms with Crippen LogP contribution in [0.5, 0.6) is 5.88 Å². The maximum absolute atomic E-state index is 6.12. The Hall–Kier alpha value is -2.37. The molecule has 1 aromatic carbocycles. The lowest BCUT2D eigenvalue weighted by atomic mass is 10.2. The molecule has 4 rings (SSSR count). The Morgan fingerprint density at radius 2 is 2.08 bits per heavy atom. The van der Waals surface area contributed by atoms with Crippen molar-refractivity contribution in [1.82, 2.24) is 9.97 Å². The highest BCUT2D eigenvalue weighted by Gasteiger charge is 2.17. The van der Waals surface area contributed by atoms with E-state index in [0.29, 0.717) is 24.1 Å². The number of halogens is 1. The van der Waals surface area contributed by atoms with E-state index >= 15 is 0 Å². The van der Waals surface area contributed by atoms with Gasteiger partial charge in [-0.2, -0.15) is 0 Å². The number of anilines is 1. The summed E-state index contributed by atoms with van der Waals surface area (Å²) in [6, 6.07) is 11.6. The van der Waals surface area contributed by atoms with Crippen LogP contribution in [-0.4, -0.2) is 29.3 Å². The minimum absolute atomic E-state index is 0.0991. The normalized spacial score (nSPS) is 16.9. The molecule has 25 heavy (non-hydrogen) atoms. The minimum Gasteiger partial charge on any atom is -0.472 e. The summed E-state index contributed by atoms with van der Waals surface area (Å²) in [5.74, 6) is 0.637. The van der Waals surface area contributed by atoms with Gasteiger partial charge in [0, 0.05) is 47.5 Å². The molecule has 128 valence electrons. The van der Waals surface area contributed by atoms with Gasteiger partial charge in [-0.15, -0.1) is 0 Å². The molecule has 0 aliphatic carbocycles. The minimum atomic E-state index is 0.0991. The van der Waals surface area contributed by atoms with Crippen molar-refractivity contribution in [2.24, 2.45) is 0 Å². The summed E-state index contributed by atoms with van der Waals surface area (Å²) in [6.45, 7) is 2.04. The van der Waals surface area contributed by atoms with Gasteiger partial charge in [0.15, 0.2) is 0 Å². The third kappa shape index (κ3) is 3.83. The fourth-order valence-electron chi connectivity index (χ4n) is 2.87. The zero-order chi connectivity index (χ0) is 17.1. The molecule has 1 aliphatic rings. The zero-order valence-corrected chi connectivity index (χ0v) is 14.4. The van der Waals surface area contributed by atoms with Crippen molar-refractivity contribution in [1.29, 1.82) is 0 Å². The number of hydrogen-bond acceptors (Lipinski definition) is 5. The average molecular weight is 356 g/mol. The first-order chi connectivity index (χ1) is 12.3. The standard InChI is InChI=1S/C19H18ClN3O2/c20-14-1-2-17-16(10-14)18(4-7-21-17)23-11-13-3-6-22-19(9-13)25-15-5-8-24-12-15/h1-4,6-7,9-10,15H,5,8,11-12H2,(H,21,23).